The molecule has 2 aromatic carbocycles. The summed E-state index contributed by atoms with van der Waals surface area (Å²) in [5, 5.41) is 2.06. The molecule has 0 aliphatic carbocycles. The second-order valence-corrected chi connectivity index (χ2v) is 18.6. The number of halogens is 2. The van der Waals surface area contributed by atoms with E-state index in [1.165, 1.54) is 33.4 Å². The zero-order valence-electron chi connectivity index (χ0n) is 19.2. The van der Waals surface area contributed by atoms with Gasteiger partial charge in [-0.05, 0) is 0 Å². The zero-order valence-corrected chi connectivity index (χ0v) is 23.3. The Morgan fingerprint density at radius 2 is 1.19 bits per heavy atom. The van der Waals surface area contributed by atoms with Crippen LogP contribution in [0.4, 0.5) is 0 Å². The Kier molecular flexibility index (Phi) is 6.62. The number of hydrogen-bond donors (Lipinski definition) is 0. The molecule has 2 aromatic heterocycles. The Morgan fingerprint density at radius 3 is 1.56 bits per heavy atom. The van der Waals surface area contributed by atoms with Gasteiger partial charge >= 0.3 is 206 Å². The number of hydrogen-bond acceptors (Lipinski definition) is 1. The van der Waals surface area contributed by atoms with Crippen molar-refractivity contribution in [2.24, 2.45) is 0 Å². The Labute approximate surface area is 204 Å². The van der Waals surface area contributed by atoms with Gasteiger partial charge in [-0.2, -0.15) is 0 Å². The summed E-state index contributed by atoms with van der Waals surface area (Å²) in [4.78, 5) is 1.11. The molecule has 0 bridgehead atoms. The van der Waals surface area contributed by atoms with E-state index in [-0.39, 0.29) is 0 Å². The van der Waals surface area contributed by atoms with Crippen molar-refractivity contribution in [3.05, 3.63) is 96.4 Å². The van der Waals surface area contributed by atoms with Gasteiger partial charge in [-0.3, -0.25) is 0 Å². The molecule has 0 saturated carbocycles. The molecule has 6 heteroatoms. The third kappa shape index (κ3) is 4.44. The summed E-state index contributed by atoms with van der Waals surface area (Å²) in [5.74, 6) is 0. The van der Waals surface area contributed by atoms with Crippen molar-refractivity contribution in [1.29, 1.82) is 0 Å². The van der Waals surface area contributed by atoms with Gasteiger partial charge in [-0.15, -0.1) is 0 Å². The SMILES string of the molecule is Cc1cc(C)c(-n2ccn(-c3c(C)cc(C)cc3C)[c]2=[Ru]([Cl])([Cl])=[CH]c2cccs2)c(C)c1. The van der Waals surface area contributed by atoms with Crippen LogP contribution in [0.2, 0.25) is 0 Å². The molecule has 0 aliphatic rings. The van der Waals surface area contributed by atoms with Crippen molar-refractivity contribution in [3.8, 4) is 11.4 Å². The van der Waals surface area contributed by atoms with Crippen molar-refractivity contribution in [1.82, 2.24) is 9.13 Å². The Morgan fingerprint density at radius 1 is 0.750 bits per heavy atom. The molecular formula is C26H28Cl2N2RuS. The summed E-state index contributed by atoms with van der Waals surface area (Å²) in [6.45, 7) is 12.9. The first-order valence-electron chi connectivity index (χ1n) is 10.4. The van der Waals surface area contributed by atoms with Crippen molar-refractivity contribution < 1.29 is 11.9 Å². The minimum atomic E-state index is -3.45. The van der Waals surface area contributed by atoms with Gasteiger partial charge in [0, 0.05) is 0 Å². The van der Waals surface area contributed by atoms with Crippen LogP contribution in [0.3, 0.4) is 0 Å². The minimum absolute atomic E-state index is 0.961. The summed E-state index contributed by atoms with van der Waals surface area (Å²) >= 11 is -1.79. The van der Waals surface area contributed by atoms with Crippen LogP contribution in [0.1, 0.15) is 38.3 Å². The molecule has 4 aromatic rings. The average Bonchev–Trinajstić information content (AvgIpc) is 3.30. The van der Waals surface area contributed by atoms with Crippen LogP contribution in [0.5, 0.6) is 0 Å². The van der Waals surface area contributed by atoms with Gasteiger partial charge in [0.05, 0.1) is 0 Å². The van der Waals surface area contributed by atoms with Crippen LogP contribution in [-0.4, -0.2) is 13.7 Å². The topological polar surface area (TPSA) is 9.86 Å². The van der Waals surface area contributed by atoms with Crippen LogP contribution in [0.25, 0.3) is 11.4 Å². The van der Waals surface area contributed by atoms with Gasteiger partial charge in [0.15, 0.2) is 0 Å². The molecule has 0 atom stereocenters. The van der Waals surface area contributed by atoms with Crippen LogP contribution < -0.4 is 0 Å². The van der Waals surface area contributed by atoms with Crippen LogP contribution in [0.15, 0.2) is 54.2 Å². The van der Waals surface area contributed by atoms with Crippen LogP contribution >= 0.6 is 30.7 Å². The number of imidazole rings is 1. The number of benzene rings is 2. The summed E-state index contributed by atoms with van der Waals surface area (Å²) in [5.41, 5.74) is 9.65. The second kappa shape index (κ2) is 8.99. The fourth-order valence-corrected chi connectivity index (χ4v) is 12.0. The Hall–Kier alpha value is -1.58. The molecule has 0 fully saturated rings. The molecule has 0 aliphatic heterocycles. The van der Waals surface area contributed by atoms with Crippen molar-refractivity contribution in [2.45, 2.75) is 41.5 Å². The standard InChI is InChI=1S/C21H24N2.C5H4S.2ClH.Ru/c1-14-9-16(3)20(17(4)10-14)22-7-8-23(13-22)21-18(5)11-15(2)12-19(21)6;1-5-3-2-4-6-5;;;/h7-12H,1-6H3;1-4H;2*1H;/q;;;;+2/p-2. The van der Waals surface area contributed by atoms with E-state index >= 15 is 0 Å². The molecule has 2 nitrogen and oxygen atoms in total. The molecule has 0 saturated heterocycles. The van der Waals surface area contributed by atoms with Crippen molar-refractivity contribution >= 4 is 35.3 Å². The predicted molar refractivity (Wildman–Crippen MR) is 138 cm³/mol. The maximum atomic E-state index is 7.32. The normalized spacial score (nSPS) is 12.2. The number of aromatic nitrogens is 2. The summed E-state index contributed by atoms with van der Waals surface area (Å²) < 4.78 is 7.51. The quantitative estimate of drug-likeness (QED) is 0.220. The summed E-state index contributed by atoms with van der Waals surface area (Å²) in [6.07, 6.45) is 4.22. The van der Waals surface area contributed by atoms with Gasteiger partial charge in [-0.1, -0.05) is 0 Å². The molecule has 170 valence electrons. The molecule has 0 amide bonds. The maximum absolute atomic E-state index is 7.32. The molecule has 0 N–H and O–H groups in total. The van der Waals surface area contributed by atoms with E-state index in [9.17, 15) is 0 Å². The van der Waals surface area contributed by atoms with Gasteiger partial charge < -0.3 is 0 Å². The molecule has 32 heavy (non-hydrogen) atoms. The predicted octanol–water partition coefficient (Wildman–Crippen LogP) is 8.02. The molecule has 0 unspecified atom stereocenters. The Balaban J connectivity index is 2.21. The van der Waals surface area contributed by atoms with Gasteiger partial charge in [0.1, 0.15) is 0 Å². The van der Waals surface area contributed by atoms with E-state index in [2.05, 4.69) is 103 Å². The molecule has 0 spiro atoms. The third-order valence-corrected chi connectivity index (χ3v) is 12.0. The van der Waals surface area contributed by atoms with Crippen molar-refractivity contribution in [3.63, 3.8) is 0 Å². The molecule has 4 rings (SSSR count). The van der Waals surface area contributed by atoms with E-state index in [1.54, 1.807) is 11.3 Å². The van der Waals surface area contributed by atoms with Gasteiger partial charge in [-0.25, -0.2) is 0 Å². The van der Waals surface area contributed by atoms with Gasteiger partial charge in [0.2, 0.25) is 0 Å². The third-order valence-electron chi connectivity index (χ3n) is 5.49. The molecule has 0 radical (unpaired) electrons. The first-order valence-corrected chi connectivity index (χ1v) is 17.6. The fraction of sp³-hybridized carbons (Fsp3) is 0.231. The summed E-state index contributed by atoms with van der Waals surface area (Å²) in [7, 11) is 14.6. The van der Waals surface area contributed by atoms with E-state index in [0.29, 0.717) is 0 Å². The van der Waals surface area contributed by atoms with Gasteiger partial charge in [0.25, 0.3) is 0 Å². The first kappa shape index (κ1) is 23.6. The van der Waals surface area contributed by atoms with E-state index in [4.69, 9.17) is 19.4 Å². The number of thiophene rings is 1. The van der Waals surface area contributed by atoms with Crippen molar-refractivity contribution in [2.75, 3.05) is 0 Å². The van der Waals surface area contributed by atoms with E-state index < -0.39 is 11.9 Å². The average molecular weight is 573 g/mol. The molecule has 2 heterocycles. The number of nitrogens with zero attached hydrogens (tertiary/aromatic N) is 2. The Bertz CT molecular complexity index is 1350. The number of rotatable bonds is 3. The molecular weight excluding hydrogens is 544 g/mol. The monoisotopic (exact) mass is 572 g/mol. The fourth-order valence-electron chi connectivity index (χ4n) is 4.55. The van der Waals surface area contributed by atoms with E-state index in [1.807, 2.05) is 6.07 Å². The summed E-state index contributed by atoms with van der Waals surface area (Å²) in [6, 6.07) is 13.0. The number of aryl methyl sites for hydroxylation is 6. The first-order chi connectivity index (χ1) is 15.1. The van der Waals surface area contributed by atoms with Crippen LogP contribution in [0, 0.1) is 45.6 Å². The zero-order chi connectivity index (χ0) is 23.2. The van der Waals surface area contributed by atoms with Crippen LogP contribution in [-0.2, 0) is 11.9 Å². The second-order valence-electron chi connectivity index (χ2n) is 8.35. The van der Waals surface area contributed by atoms with E-state index in [0.717, 1.165) is 20.3 Å².